The zero-order chi connectivity index (χ0) is 19.5. The van der Waals surface area contributed by atoms with Crippen molar-refractivity contribution in [1.29, 1.82) is 0 Å². The zero-order valence-corrected chi connectivity index (χ0v) is 15.8. The Morgan fingerprint density at radius 3 is 2.69 bits per heavy atom. The zero-order valence-electron chi connectivity index (χ0n) is 15.8. The molecule has 0 aromatic heterocycles. The quantitative estimate of drug-likeness (QED) is 0.402. The van der Waals surface area contributed by atoms with Crippen molar-refractivity contribution in [3.63, 3.8) is 0 Å². The molecule has 1 fully saturated rings. The number of halogens is 1. The van der Waals surface area contributed by atoms with Crippen LogP contribution in [0.3, 0.4) is 0 Å². The fourth-order valence-electron chi connectivity index (χ4n) is 3.15. The van der Waals surface area contributed by atoms with E-state index in [1.165, 1.54) is 6.08 Å². The Labute approximate surface area is 155 Å². The van der Waals surface area contributed by atoms with Gasteiger partial charge in [-0.1, -0.05) is 44.9 Å². The lowest BCUT2D eigenvalue weighted by Crippen LogP contribution is -2.15. The molecule has 4 atom stereocenters. The van der Waals surface area contributed by atoms with E-state index in [2.05, 4.69) is 0 Å². The highest BCUT2D eigenvalue weighted by Crippen LogP contribution is 2.32. The molecule has 0 saturated heterocycles. The molecule has 1 aliphatic carbocycles. The third-order valence-corrected chi connectivity index (χ3v) is 5.03. The van der Waals surface area contributed by atoms with E-state index in [0.717, 1.165) is 6.42 Å². The number of unbranched alkanes of at least 4 members (excludes halogenated alkanes) is 1. The van der Waals surface area contributed by atoms with Crippen LogP contribution in [0.15, 0.2) is 24.3 Å². The number of hydrogen-bond acceptors (Lipinski definition) is 3. The Morgan fingerprint density at radius 1 is 1.31 bits per heavy atom. The molecule has 5 heteroatoms. The van der Waals surface area contributed by atoms with E-state index in [1.807, 2.05) is 19.1 Å². The van der Waals surface area contributed by atoms with Crippen LogP contribution in [0, 0.1) is 17.8 Å². The number of carbonyl (C=O) groups excluding carboxylic acids is 2. The molecule has 1 N–H and O–H groups in total. The highest BCUT2D eigenvalue weighted by molar-refractivity contribution is 5.93. The van der Waals surface area contributed by atoms with Crippen LogP contribution in [0.2, 0.25) is 0 Å². The third-order valence-electron chi connectivity index (χ3n) is 5.03. The molecule has 0 spiro atoms. The second-order valence-electron chi connectivity index (χ2n) is 7.17. The summed E-state index contributed by atoms with van der Waals surface area (Å²) in [5.41, 5.74) is 0. The summed E-state index contributed by atoms with van der Waals surface area (Å²) in [6.45, 7) is 3.63. The number of carboxylic acids is 1. The predicted molar refractivity (Wildman–Crippen MR) is 99.6 cm³/mol. The number of ketones is 2. The van der Waals surface area contributed by atoms with Gasteiger partial charge in [-0.05, 0) is 44.1 Å². The van der Waals surface area contributed by atoms with Gasteiger partial charge in [-0.2, -0.15) is 0 Å². The Morgan fingerprint density at radius 2 is 2.04 bits per heavy atom. The van der Waals surface area contributed by atoms with E-state index in [-0.39, 0.29) is 30.0 Å². The molecule has 0 bridgehead atoms. The minimum absolute atomic E-state index is 0.0209. The molecule has 0 heterocycles. The van der Waals surface area contributed by atoms with Crippen LogP contribution in [0.4, 0.5) is 4.39 Å². The van der Waals surface area contributed by atoms with Crippen molar-refractivity contribution in [3.8, 4) is 0 Å². The Bertz CT molecular complexity index is 538. The van der Waals surface area contributed by atoms with Crippen LogP contribution in [-0.4, -0.2) is 28.8 Å². The number of aliphatic carboxylic acids is 1. The van der Waals surface area contributed by atoms with E-state index in [0.29, 0.717) is 38.5 Å². The molecule has 0 aliphatic heterocycles. The Balaban J connectivity index is 2.48. The van der Waals surface area contributed by atoms with E-state index >= 15 is 0 Å². The van der Waals surface area contributed by atoms with Crippen molar-refractivity contribution in [3.05, 3.63) is 24.3 Å². The minimum atomic E-state index is -1.45. The maximum Gasteiger partial charge on any atom is 0.306 e. The standard InChI is InChI=1S/C21H31FO4/c1-3-4-10-18(22)20(24)14-12-16-11-13-19(23)17(16)9-7-5-6-8-15(2)21(25)26/h5,7,12,14-18H,3-4,6,8-11,13H2,1-2H3,(H,25,26)/b7-5-,14-12+/t15?,16-,17-,18+/m1/s1. The van der Waals surface area contributed by atoms with Crippen molar-refractivity contribution in [2.24, 2.45) is 17.8 Å². The van der Waals surface area contributed by atoms with Crippen LogP contribution in [0.25, 0.3) is 0 Å². The maximum atomic E-state index is 13.7. The molecule has 26 heavy (non-hydrogen) atoms. The third kappa shape index (κ3) is 7.63. The Kier molecular flexibility index (Phi) is 10.1. The summed E-state index contributed by atoms with van der Waals surface area (Å²) in [6.07, 6.45) is 10.2. The minimum Gasteiger partial charge on any atom is -0.481 e. The summed E-state index contributed by atoms with van der Waals surface area (Å²) in [5.74, 6) is -1.69. The van der Waals surface area contributed by atoms with E-state index in [9.17, 15) is 18.8 Å². The first-order valence-electron chi connectivity index (χ1n) is 9.63. The number of rotatable bonds is 12. The number of alkyl halides is 1. The summed E-state index contributed by atoms with van der Waals surface area (Å²) < 4.78 is 13.7. The van der Waals surface area contributed by atoms with E-state index < -0.39 is 17.9 Å². The average Bonchev–Trinajstić information content (AvgIpc) is 2.96. The fraction of sp³-hybridized carbons (Fsp3) is 0.667. The fourth-order valence-corrected chi connectivity index (χ4v) is 3.15. The second-order valence-corrected chi connectivity index (χ2v) is 7.17. The number of carbonyl (C=O) groups is 3. The predicted octanol–water partition coefficient (Wildman–Crippen LogP) is 4.68. The van der Waals surface area contributed by atoms with Gasteiger partial charge in [0.05, 0.1) is 5.92 Å². The highest BCUT2D eigenvalue weighted by atomic mass is 19.1. The van der Waals surface area contributed by atoms with Crippen molar-refractivity contribution < 1.29 is 23.9 Å². The topological polar surface area (TPSA) is 71.4 Å². The van der Waals surface area contributed by atoms with Crippen molar-refractivity contribution in [2.45, 2.75) is 71.4 Å². The van der Waals surface area contributed by atoms with Gasteiger partial charge < -0.3 is 5.11 Å². The van der Waals surface area contributed by atoms with E-state index in [4.69, 9.17) is 5.11 Å². The van der Waals surface area contributed by atoms with Gasteiger partial charge in [-0.3, -0.25) is 14.4 Å². The molecule has 1 unspecified atom stereocenters. The molecule has 1 rings (SSSR count). The second kappa shape index (κ2) is 11.8. The van der Waals surface area contributed by atoms with Gasteiger partial charge in [0.1, 0.15) is 5.78 Å². The van der Waals surface area contributed by atoms with Gasteiger partial charge >= 0.3 is 5.97 Å². The highest BCUT2D eigenvalue weighted by Gasteiger charge is 2.32. The van der Waals surface area contributed by atoms with Gasteiger partial charge in [0.25, 0.3) is 0 Å². The van der Waals surface area contributed by atoms with Gasteiger partial charge in [0.15, 0.2) is 12.0 Å². The summed E-state index contributed by atoms with van der Waals surface area (Å²) in [7, 11) is 0. The van der Waals surface area contributed by atoms with Crippen molar-refractivity contribution >= 4 is 17.5 Å². The Hall–Kier alpha value is -1.78. The molecule has 0 aromatic rings. The molecular formula is C21H31FO4. The first-order chi connectivity index (χ1) is 12.4. The van der Waals surface area contributed by atoms with Crippen LogP contribution in [0.1, 0.15) is 65.2 Å². The average molecular weight is 366 g/mol. The molecule has 146 valence electrons. The maximum absolute atomic E-state index is 13.7. The van der Waals surface area contributed by atoms with Crippen LogP contribution in [0.5, 0.6) is 0 Å². The molecule has 0 amide bonds. The van der Waals surface area contributed by atoms with Gasteiger partial charge in [-0.25, -0.2) is 4.39 Å². The lowest BCUT2D eigenvalue weighted by atomic mass is 9.91. The lowest BCUT2D eigenvalue weighted by molar-refractivity contribution is -0.141. The summed E-state index contributed by atoms with van der Waals surface area (Å²) in [4.78, 5) is 34.6. The monoisotopic (exact) mass is 366 g/mol. The van der Waals surface area contributed by atoms with Crippen LogP contribution >= 0.6 is 0 Å². The smallest absolute Gasteiger partial charge is 0.306 e. The SMILES string of the molecule is CCCC[C@H](F)C(=O)/C=C/[C@H]1CCC(=O)[C@@H]1C/C=C\CCC(C)C(=O)O. The van der Waals surface area contributed by atoms with Crippen molar-refractivity contribution in [1.82, 2.24) is 0 Å². The number of Topliss-reactive ketones (excluding diaryl/α,β-unsaturated/α-hetero) is 1. The van der Waals surface area contributed by atoms with Crippen molar-refractivity contribution in [2.75, 3.05) is 0 Å². The summed E-state index contributed by atoms with van der Waals surface area (Å²) in [5, 5.41) is 8.84. The summed E-state index contributed by atoms with van der Waals surface area (Å²) in [6, 6.07) is 0. The number of allylic oxidation sites excluding steroid dienone is 4. The van der Waals surface area contributed by atoms with Crippen LogP contribution < -0.4 is 0 Å². The van der Waals surface area contributed by atoms with Gasteiger partial charge in [0.2, 0.25) is 0 Å². The summed E-state index contributed by atoms with van der Waals surface area (Å²) >= 11 is 0. The number of hydrogen-bond donors (Lipinski definition) is 1. The molecule has 0 radical (unpaired) electrons. The van der Waals surface area contributed by atoms with Gasteiger partial charge in [0, 0.05) is 12.3 Å². The van der Waals surface area contributed by atoms with E-state index in [1.54, 1.807) is 13.0 Å². The molecule has 1 saturated carbocycles. The molecular weight excluding hydrogens is 335 g/mol. The first-order valence-corrected chi connectivity index (χ1v) is 9.63. The number of carboxylic acid groups (broad SMARTS) is 1. The molecule has 1 aliphatic rings. The molecule has 4 nitrogen and oxygen atoms in total. The molecule has 0 aromatic carbocycles. The largest absolute Gasteiger partial charge is 0.481 e. The lowest BCUT2D eigenvalue weighted by Gasteiger charge is -2.13. The van der Waals surface area contributed by atoms with Gasteiger partial charge in [-0.15, -0.1) is 0 Å². The normalized spacial score (nSPS) is 23.0. The van der Waals surface area contributed by atoms with Crippen LogP contribution in [-0.2, 0) is 14.4 Å². The first kappa shape index (κ1) is 22.3.